The normalized spacial score (nSPS) is 16.3. The maximum Gasteiger partial charge on any atom is 0.419 e. The molecule has 0 bridgehead atoms. The van der Waals surface area contributed by atoms with Crippen LogP contribution in [0.15, 0.2) is 60.8 Å². The highest BCUT2D eigenvalue weighted by Crippen LogP contribution is 2.39. The molecule has 2 heterocycles. The summed E-state index contributed by atoms with van der Waals surface area (Å²) in [6, 6.07) is 14.7. The summed E-state index contributed by atoms with van der Waals surface area (Å²) in [5.41, 5.74) is 1.94. The summed E-state index contributed by atoms with van der Waals surface area (Å²) in [6.45, 7) is 2.95. The number of methoxy groups -OCH3 is 1. The van der Waals surface area contributed by atoms with E-state index in [2.05, 4.69) is 4.57 Å². The van der Waals surface area contributed by atoms with E-state index in [-0.39, 0.29) is 17.4 Å². The molecule has 1 atom stereocenters. The lowest BCUT2D eigenvalue weighted by Crippen LogP contribution is -2.42. The number of carbonyl (C=O) groups excluding carboxylic acids is 1. The summed E-state index contributed by atoms with van der Waals surface area (Å²) in [5.74, 6) is -0.745. The van der Waals surface area contributed by atoms with Crippen molar-refractivity contribution in [2.45, 2.75) is 25.7 Å². The van der Waals surface area contributed by atoms with Crippen LogP contribution in [0.4, 0.5) is 13.2 Å². The third kappa shape index (κ3) is 3.44. The van der Waals surface area contributed by atoms with Crippen LogP contribution in [-0.2, 0) is 12.7 Å². The number of aryl methyl sites for hydroxylation is 1. The molecule has 1 amide bonds. The first kappa shape index (κ1) is 20.1. The van der Waals surface area contributed by atoms with Crippen LogP contribution in [0.2, 0.25) is 0 Å². The van der Waals surface area contributed by atoms with E-state index in [1.165, 1.54) is 19.2 Å². The fourth-order valence-corrected chi connectivity index (χ4v) is 4.05. The average molecular weight is 414 g/mol. The van der Waals surface area contributed by atoms with E-state index < -0.39 is 17.6 Å². The molecule has 7 heteroatoms. The average Bonchev–Trinajstić information content (AvgIpc) is 3.21. The molecule has 1 aliphatic heterocycles. The summed E-state index contributed by atoms with van der Waals surface area (Å²) in [7, 11) is 1.18. The van der Waals surface area contributed by atoms with Crippen molar-refractivity contribution in [3.63, 3.8) is 0 Å². The molecule has 30 heavy (non-hydrogen) atoms. The first-order valence-electron chi connectivity index (χ1n) is 9.58. The number of halogens is 3. The Labute approximate surface area is 172 Å². The number of alkyl halides is 3. The maximum absolute atomic E-state index is 13.5. The molecule has 0 unspecified atom stereocenters. The van der Waals surface area contributed by atoms with Crippen LogP contribution in [0.1, 0.15) is 38.8 Å². The molecular formula is C23H21F3N2O2. The number of aromatic nitrogens is 1. The third-order valence-corrected chi connectivity index (χ3v) is 5.53. The van der Waals surface area contributed by atoms with E-state index in [1.54, 1.807) is 4.90 Å². The maximum atomic E-state index is 13.5. The zero-order chi connectivity index (χ0) is 21.5. The number of rotatable bonds is 3. The Morgan fingerprint density at radius 3 is 2.53 bits per heavy atom. The van der Waals surface area contributed by atoms with Gasteiger partial charge >= 0.3 is 6.18 Å². The molecule has 0 N–H and O–H groups in total. The number of ether oxygens (including phenoxy) is 1. The van der Waals surface area contributed by atoms with Crippen molar-refractivity contribution in [1.82, 2.24) is 9.47 Å². The summed E-state index contributed by atoms with van der Waals surface area (Å²) in [4.78, 5) is 15.1. The Hall–Kier alpha value is -3.22. The number of amides is 1. The predicted molar refractivity (Wildman–Crippen MR) is 106 cm³/mol. The predicted octanol–water partition coefficient (Wildman–Crippen LogP) is 5.07. The molecule has 0 fully saturated rings. The van der Waals surface area contributed by atoms with Gasteiger partial charge in [-0.1, -0.05) is 24.3 Å². The molecule has 156 valence electrons. The molecule has 4 rings (SSSR count). The lowest BCUT2D eigenvalue weighted by molar-refractivity contribution is -0.138. The lowest BCUT2D eigenvalue weighted by Gasteiger charge is -2.38. The fraction of sp³-hybridized carbons (Fsp3) is 0.261. The second-order valence-electron chi connectivity index (χ2n) is 7.30. The van der Waals surface area contributed by atoms with Crippen LogP contribution < -0.4 is 4.74 Å². The second-order valence-corrected chi connectivity index (χ2v) is 7.30. The van der Waals surface area contributed by atoms with Gasteiger partial charge in [0, 0.05) is 30.5 Å². The topological polar surface area (TPSA) is 34.5 Å². The van der Waals surface area contributed by atoms with Crippen LogP contribution in [0.3, 0.4) is 0 Å². The molecule has 4 nitrogen and oxygen atoms in total. The van der Waals surface area contributed by atoms with Crippen LogP contribution in [0.5, 0.6) is 5.75 Å². The van der Waals surface area contributed by atoms with Crippen molar-refractivity contribution < 1.29 is 22.7 Å². The van der Waals surface area contributed by atoms with Crippen molar-refractivity contribution >= 4 is 5.91 Å². The Kier molecular flexibility index (Phi) is 5.05. The quantitative estimate of drug-likeness (QED) is 0.600. The van der Waals surface area contributed by atoms with Gasteiger partial charge < -0.3 is 14.2 Å². The number of fused-ring (bicyclic) bond motifs is 1. The molecule has 0 saturated heterocycles. The van der Waals surface area contributed by atoms with Crippen molar-refractivity contribution in [3.8, 4) is 5.75 Å². The van der Waals surface area contributed by atoms with Crippen molar-refractivity contribution in [1.29, 1.82) is 0 Å². The van der Waals surface area contributed by atoms with Gasteiger partial charge in [-0.25, -0.2) is 0 Å². The number of hydrogen-bond acceptors (Lipinski definition) is 2. The van der Waals surface area contributed by atoms with Crippen molar-refractivity contribution in [3.05, 3.63) is 88.7 Å². The van der Waals surface area contributed by atoms with Crippen LogP contribution >= 0.6 is 0 Å². The van der Waals surface area contributed by atoms with Gasteiger partial charge in [0.2, 0.25) is 0 Å². The van der Waals surface area contributed by atoms with E-state index in [1.807, 2.05) is 49.5 Å². The highest BCUT2D eigenvalue weighted by molar-refractivity contribution is 5.95. The molecule has 2 aromatic carbocycles. The van der Waals surface area contributed by atoms with Gasteiger partial charge in [-0.2, -0.15) is 13.2 Å². The SMILES string of the molecule is COc1ccc(C(=O)N2CCn3cccc3[C@@H]2c2ccccc2C)cc1C(F)(F)F. The third-order valence-electron chi connectivity index (χ3n) is 5.53. The number of nitrogens with zero attached hydrogens (tertiary/aromatic N) is 2. The highest BCUT2D eigenvalue weighted by atomic mass is 19.4. The minimum absolute atomic E-state index is 0.0123. The zero-order valence-corrected chi connectivity index (χ0v) is 16.6. The minimum Gasteiger partial charge on any atom is -0.496 e. The first-order valence-corrected chi connectivity index (χ1v) is 9.58. The van der Waals surface area contributed by atoms with Gasteiger partial charge in [0.25, 0.3) is 5.91 Å². The summed E-state index contributed by atoms with van der Waals surface area (Å²) in [5, 5.41) is 0. The zero-order valence-electron chi connectivity index (χ0n) is 16.6. The smallest absolute Gasteiger partial charge is 0.419 e. The standard InChI is InChI=1S/C23H21F3N2O2/c1-15-6-3-4-7-17(15)21-19-8-5-11-27(19)12-13-28(21)22(29)16-9-10-20(30-2)18(14-16)23(24,25)26/h3-11,14,21H,12-13H2,1-2H3/t21-/m0/s1. The summed E-state index contributed by atoms with van der Waals surface area (Å²) in [6.07, 6.45) is -2.66. The van der Waals surface area contributed by atoms with Crippen LogP contribution in [0.25, 0.3) is 0 Å². The molecule has 1 aromatic heterocycles. The monoisotopic (exact) mass is 414 g/mol. The van der Waals surface area contributed by atoms with Crippen molar-refractivity contribution in [2.75, 3.05) is 13.7 Å². The lowest BCUT2D eigenvalue weighted by atomic mass is 9.95. The number of benzene rings is 2. The largest absolute Gasteiger partial charge is 0.496 e. The van der Waals surface area contributed by atoms with E-state index >= 15 is 0 Å². The Morgan fingerprint density at radius 2 is 1.83 bits per heavy atom. The minimum atomic E-state index is -4.62. The summed E-state index contributed by atoms with van der Waals surface area (Å²) >= 11 is 0. The van der Waals surface area contributed by atoms with Crippen LogP contribution in [0, 0.1) is 6.92 Å². The van der Waals surface area contributed by atoms with Crippen molar-refractivity contribution in [2.24, 2.45) is 0 Å². The van der Waals surface area contributed by atoms with Gasteiger partial charge in [-0.05, 0) is 48.4 Å². The molecule has 1 aliphatic rings. The summed E-state index contributed by atoms with van der Waals surface area (Å²) < 4.78 is 47.3. The molecule has 0 saturated carbocycles. The van der Waals surface area contributed by atoms with Gasteiger partial charge in [0.1, 0.15) is 5.75 Å². The second kappa shape index (κ2) is 7.55. The number of hydrogen-bond donors (Lipinski definition) is 0. The number of carbonyl (C=O) groups is 1. The molecule has 0 radical (unpaired) electrons. The van der Waals surface area contributed by atoms with E-state index in [9.17, 15) is 18.0 Å². The van der Waals surface area contributed by atoms with Crippen LogP contribution in [-0.4, -0.2) is 29.0 Å². The van der Waals surface area contributed by atoms with E-state index in [4.69, 9.17) is 4.74 Å². The first-order chi connectivity index (χ1) is 14.3. The van der Waals surface area contributed by atoms with Gasteiger partial charge in [0.05, 0.1) is 18.7 Å². The Morgan fingerprint density at radius 1 is 1.07 bits per heavy atom. The fourth-order valence-electron chi connectivity index (χ4n) is 4.05. The molecule has 0 spiro atoms. The Balaban J connectivity index is 1.79. The molecular weight excluding hydrogens is 393 g/mol. The van der Waals surface area contributed by atoms with E-state index in [0.29, 0.717) is 13.1 Å². The molecule has 0 aliphatic carbocycles. The Bertz CT molecular complexity index is 1090. The van der Waals surface area contributed by atoms with Gasteiger partial charge in [-0.15, -0.1) is 0 Å². The van der Waals surface area contributed by atoms with E-state index in [0.717, 1.165) is 22.9 Å². The van der Waals surface area contributed by atoms with Gasteiger partial charge in [0.15, 0.2) is 0 Å². The molecule has 3 aromatic rings. The van der Waals surface area contributed by atoms with Gasteiger partial charge in [-0.3, -0.25) is 4.79 Å². The highest BCUT2D eigenvalue weighted by Gasteiger charge is 2.37.